The number of H-pyrrole nitrogens is 1. The molecule has 6 nitrogen and oxygen atoms in total. The first-order valence-electron chi connectivity index (χ1n) is 5.78. The molecule has 1 amide bonds. The van der Waals surface area contributed by atoms with E-state index in [1.807, 2.05) is 19.2 Å². The number of nitrogens with zero attached hydrogens (tertiary/aromatic N) is 3. The summed E-state index contributed by atoms with van der Waals surface area (Å²) in [5.41, 5.74) is 1.03. The average Bonchev–Trinajstić information content (AvgIpc) is 3.00. The number of amides is 1. The van der Waals surface area contributed by atoms with Gasteiger partial charge in [-0.25, -0.2) is 9.97 Å². The van der Waals surface area contributed by atoms with Gasteiger partial charge in [-0.05, 0) is 13.8 Å². The fraction of sp³-hybridized carbons (Fsp3) is 0.455. The second-order valence-electron chi connectivity index (χ2n) is 4.01. The highest BCUT2D eigenvalue weighted by atomic mass is 32.2. The van der Waals surface area contributed by atoms with Crippen LogP contribution in [0.1, 0.15) is 29.5 Å². The number of thioether (sulfide) groups is 1. The fourth-order valence-corrected chi connectivity index (χ4v) is 2.94. The van der Waals surface area contributed by atoms with Crippen molar-refractivity contribution >= 4 is 29.0 Å². The smallest absolute Gasteiger partial charge is 0.230 e. The van der Waals surface area contributed by atoms with Gasteiger partial charge < -0.3 is 5.32 Å². The molecule has 102 valence electrons. The lowest BCUT2D eigenvalue weighted by Gasteiger charge is -2.10. The van der Waals surface area contributed by atoms with Crippen LogP contribution in [0.4, 0.5) is 0 Å². The second-order valence-corrected chi connectivity index (χ2v) is 6.06. The van der Waals surface area contributed by atoms with Gasteiger partial charge >= 0.3 is 0 Å². The molecule has 1 atom stereocenters. The number of hydrogen-bond acceptors (Lipinski definition) is 6. The van der Waals surface area contributed by atoms with Crippen LogP contribution >= 0.6 is 23.1 Å². The van der Waals surface area contributed by atoms with Gasteiger partial charge in [-0.1, -0.05) is 0 Å². The van der Waals surface area contributed by atoms with Crippen LogP contribution in [-0.2, 0) is 10.5 Å². The number of aromatic nitrogens is 4. The third kappa shape index (κ3) is 4.32. The molecule has 0 radical (unpaired) electrons. The van der Waals surface area contributed by atoms with Gasteiger partial charge in [-0.2, -0.15) is 5.10 Å². The summed E-state index contributed by atoms with van der Waals surface area (Å²) in [5.74, 6) is 1.82. The molecule has 2 rings (SSSR count). The van der Waals surface area contributed by atoms with E-state index in [1.165, 1.54) is 6.33 Å². The van der Waals surface area contributed by atoms with Gasteiger partial charge in [-0.3, -0.25) is 9.89 Å². The topological polar surface area (TPSA) is 83.6 Å². The zero-order valence-corrected chi connectivity index (χ0v) is 12.3. The molecule has 0 bridgehead atoms. The lowest BCUT2D eigenvalue weighted by Crippen LogP contribution is -2.28. The Morgan fingerprint density at radius 1 is 1.63 bits per heavy atom. The Balaban J connectivity index is 1.70. The van der Waals surface area contributed by atoms with E-state index in [2.05, 4.69) is 25.5 Å². The van der Waals surface area contributed by atoms with Gasteiger partial charge in [0, 0.05) is 11.1 Å². The van der Waals surface area contributed by atoms with Crippen molar-refractivity contribution in [1.29, 1.82) is 0 Å². The van der Waals surface area contributed by atoms with E-state index in [0.29, 0.717) is 11.6 Å². The number of hydrogen-bond donors (Lipinski definition) is 2. The van der Waals surface area contributed by atoms with Gasteiger partial charge in [0.25, 0.3) is 0 Å². The molecule has 0 aromatic carbocycles. The normalized spacial score (nSPS) is 12.3. The van der Waals surface area contributed by atoms with Crippen LogP contribution in [0, 0.1) is 6.92 Å². The van der Waals surface area contributed by atoms with Crippen molar-refractivity contribution in [2.24, 2.45) is 0 Å². The minimum atomic E-state index is -0.155. The van der Waals surface area contributed by atoms with Crippen molar-refractivity contribution in [3.63, 3.8) is 0 Å². The fourth-order valence-electron chi connectivity index (χ4n) is 1.50. The Kier molecular flexibility index (Phi) is 4.92. The van der Waals surface area contributed by atoms with Crippen LogP contribution in [-0.4, -0.2) is 31.8 Å². The number of rotatable bonds is 6. The lowest BCUT2D eigenvalue weighted by molar-refractivity contribution is -0.119. The van der Waals surface area contributed by atoms with E-state index >= 15 is 0 Å². The van der Waals surface area contributed by atoms with Gasteiger partial charge in [-0.15, -0.1) is 23.1 Å². The quantitative estimate of drug-likeness (QED) is 0.847. The van der Waals surface area contributed by atoms with E-state index in [9.17, 15) is 4.79 Å². The first-order chi connectivity index (χ1) is 9.15. The van der Waals surface area contributed by atoms with Crippen molar-refractivity contribution in [3.05, 3.63) is 28.2 Å². The van der Waals surface area contributed by atoms with E-state index in [4.69, 9.17) is 0 Å². The molecule has 0 fully saturated rings. The molecule has 0 saturated heterocycles. The van der Waals surface area contributed by atoms with Crippen LogP contribution < -0.4 is 5.32 Å². The molecule has 1 unspecified atom stereocenters. The number of carbonyl (C=O) groups excluding carboxylic acids is 1. The second kappa shape index (κ2) is 6.67. The van der Waals surface area contributed by atoms with Crippen molar-refractivity contribution in [3.8, 4) is 0 Å². The molecule has 0 saturated carbocycles. The van der Waals surface area contributed by atoms with E-state index in [0.717, 1.165) is 16.5 Å². The maximum Gasteiger partial charge on any atom is 0.230 e. The number of aromatic amines is 1. The zero-order valence-electron chi connectivity index (χ0n) is 10.7. The maximum atomic E-state index is 11.7. The molecule has 19 heavy (non-hydrogen) atoms. The Morgan fingerprint density at radius 3 is 3.11 bits per heavy atom. The summed E-state index contributed by atoms with van der Waals surface area (Å²) in [6.07, 6.45) is 1.43. The first kappa shape index (κ1) is 14.0. The number of nitrogens with one attached hydrogen (secondary N) is 2. The van der Waals surface area contributed by atoms with Gasteiger partial charge in [0.1, 0.15) is 12.2 Å². The zero-order chi connectivity index (χ0) is 13.7. The summed E-state index contributed by atoms with van der Waals surface area (Å²) < 4.78 is 0. The summed E-state index contributed by atoms with van der Waals surface area (Å²) in [5, 5.41) is 12.4. The van der Waals surface area contributed by atoms with E-state index in [-0.39, 0.29) is 11.9 Å². The lowest BCUT2D eigenvalue weighted by atomic mass is 10.3. The molecule has 0 aliphatic heterocycles. The predicted octanol–water partition coefficient (Wildman–Crippen LogP) is 1.68. The highest BCUT2D eigenvalue weighted by Gasteiger charge is 2.11. The molecule has 0 aliphatic carbocycles. The third-order valence-corrected chi connectivity index (χ3v) is 4.16. The molecule has 8 heteroatoms. The Labute approximate surface area is 119 Å². The van der Waals surface area contributed by atoms with Gasteiger partial charge in [0.05, 0.1) is 22.5 Å². The molecule has 2 N–H and O–H groups in total. The summed E-state index contributed by atoms with van der Waals surface area (Å²) in [6, 6.07) is -0.155. The number of aryl methyl sites for hydroxylation is 1. The van der Waals surface area contributed by atoms with Crippen LogP contribution in [0.2, 0.25) is 0 Å². The van der Waals surface area contributed by atoms with Crippen molar-refractivity contribution in [2.45, 2.75) is 25.6 Å². The highest BCUT2D eigenvalue weighted by Crippen LogP contribution is 2.15. The van der Waals surface area contributed by atoms with Crippen molar-refractivity contribution in [2.75, 3.05) is 5.75 Å². The maximum absolute atomic E-state index is 11.7. The van der Waals surface area contributed by atoms with Crippen LogP contribution in [0.25, 0.3) is 0 Å². The molecule has 2 aromatic rings. The molecule has 2 aromatic heterocycles. The molecule has 2 heterocycles. The summed E-state index contributed by atoms with van der Waals surface area (Å²) in [4.78, 5) is 20.1. The van der Waals surface area contributed by atoms with Crippen LogP contribution in [0.15, 0.2) is 11.7 Å². The standard InChI is InChI=1S/C11H15N5OS2/c1-7(11-12-6-13-16-11)14-10(17)5-18-3-9-4-19-8(2)15-9/h4,6-7H,3,5H2,1-2H3,(H,14,17)(H,12,13,16). The van der Waals surface area contributed by atoms with E-state index < -0.39 is 0 Å². The SMILES string of the molecule is Cc1nc(CSCC(=O)NC(C)c2ncn[nH]2)cs1. The highest BCUT2D eigenvalue weighted by molar-refractivity contribution is 7.99. The summed E-state index contributed by atoms with van der Waals surface area (Å²) in [6.45, 7) is 3.84. The van der Waals surface area contributed by atoms with Gasteiger partial charge in [0.2, 0.25) is 5.91 Å². The number of carbonyl (C=O) groups is 1. The monoisotopic (exact) mass is 297 g/mol. The van der Waals surface area contributed by atoms with Crippen molar-refractivity contribution < 1.29 is 4.79 Å². The molecular weight excluding hydrogens is 282 g/mol. The van der Waals surface area contributed by atoms with Crippen LogP contribution in [0.3, 0.4) is 0 Å². The third-order valence-electron chi connectivity index (χ3n) is 2.37. The Bertz CT molecular complexity index is 525. The molecule has 0 spiro atoms. The number of thiazole rings is 1. The molecular formula is C11H15N5OS2. The molecule has 0 aliphatic rings. The predicted molar refractivity (Wildman–Crippen MR) is 76.0 cm³/mol. The Morgan fingerprint density at radius 2 is 2.47 bits per heavy atom. The summed E-state index contributed by atoms with van der Waals surface area (Å²) >= 11 is 3.18. The minimum absolute atomic E-state index is 0.0131. The Hall–Kier alpha value is -1.41. The minimum Gasteiger partial charge on any atom is -0.346 e. The summed E-state index contributed by atoms with van der Waals surface area (Å²) in [7, 11) is 0. The largest absolute Gasteiger partial charge is 0.346 e. The van der Waals surface area contributed by atoms with Crippen LogP contribution in [0.5, 0.6) is 0 Å². The first-order valence-corrected chi connectivity index (χ1v) is 7.82. The van der Waals surface area contributed by atoms with E-state index in [1.54, 1.807) is 23.1 Å². The van der Waals surface area contributed by atoms with Gasteiger partial charge in [0.15, 0.2) is 0 Å². The average molecular weight is 297 g/mol. The van der Waals surface area contributed by atoms with Crippen molar-refractivity contribution in [1.82, 2.24) is 25.5 Å².